The number of halogens is 1. The van der Waals surface area contributed by atoms with E-state index in [4.69, 9.17) is 0 Å². The van der Waals surface area contributed by atoms with Crippen molar-refractivity contribution in [2.24, 2.45) is 0 Å². The van der Waals surface area contributed by atoms with E-state index in [2.05, 4.69) is 15.4 Å². The number of amides is 3. The zero-order valence-corrected chi connectivity index (χ0v) is 15.7. The number of sulfonamides is 1. The quantitative estimate of drug-likeness (QED) is 0.793. The number of benzene rings is 2. The second-order valence-corrected chi connectivity index (χ2v) is 7.80. The third-order valence-electron chi connectivity index (χ3n) is 4.12. The molecule has 0 radical (unpaired) electrons. The Balaban J connectivity index is 1.82. The van der Waals surface area contributed by atoms with E-state index in [9.17, 15) is 22.4 Å². The lowest BCUT2D eigenvalue weighted by atomic mass is 10.1. The van der Waals surface area contributed by atoms with Crippen LogP contribution < -0.4 is 10.6 Å². The van der Waals surface area contributed by atoms with Gasteiger partial charge in [-0.1, -0.05) is 30.3 Å². The van der Waals surface area contributed by atoms with E-state index in [1.807, 2.05) is 6.07 Å². The largest absolute Gasteiger partial charge is 0.450 e. The van der Waals surface area contributed by atoms with Gasteiger partial charge < -0.3 is 10.1 Å². The standard InChI is InChI=1S/C18H18FN3O5S/c1-2-27-18(24)21-15-9-8-13(10-14(15)19)28(25,26)22-11-16(20-17(22)23)12-6-4-3-5-7-12/h3-10,16H,2,11H2,1H3,(H,20,23)(H,21,24)/t16-/m1/s1. The van der Waals surface area contributed by atoms with Crippen LogP contribution in [0.2, 0.25) is 0 Å². The molecule has 1 fully saturated rings. The Morgan fingerprint density at radius 3 is 2.64 bits per heavy atom. The van der Waals surface area contributed by atoms with Crippen molar-refractivity contribution in [2.45, 2.75) is 17.9 Å². The maximum absolute atomic E-state index is 14.3. The Morgan fingerprint density at radius 2 is 2.00 bits per heavy atom. The van der Waals surface area contributed by atoms with Crippen LogP contribution in [0.25, 0.3) is 0 Å². The molecule has 10 heteroatoms. The van der Waals surface area contributed by atoms with Gasteiger partial charge in [0.2, 0.25) is 0 Å². The lowest BCUT2D eigenvalue weighted by Crippen LogP contribution is -2.34. The first-order valence-electron chi connectivity index (χ1n) is 8.44. The van der Waals surface area contributed by atoms with Crippen LogP contribution in [0, 0.1) is 5.82 Å². The Hall–Kier alpha value is -3.14. The van der Waals surface area contributed by atoms with Gasteiger partial charge in [0.1, 0.15) is 5.82 Å². The van der Waals surface area contributed by atoms with Gasteiger partial charge in [0.25, 0.3) is 10.0 Å². The van der Waals surface area contributed by atoms with Crippen LogP contribution in [0.3, 0.4) is 0 Å². The fraction of sp³-hybridized carbons (Fsp3) is 0.222. The molecule has 0 spiro atoms. The number of urea groups is 1. The number of carbonyl (C=O) groups excluding carboxylic acids is 2. The van der Waals surface area contributed by atoms with Gasteiger partial charge in [0.05, 0.1) is 29.8 Å². The molecule has 1 heterocycles. The smallest absolute Gasteiger partial charge is 0.411 e. The molecule has 0 aromatic heterocycles. The summed E-state index contributed by atoms with van der Waals surface area (Å²) in [6, 6.07) is 10.6. The first-order valence-corrected chi connectivity index (χ1v) is 9.88. The molecular formula is C18H18FN3O5S. The van der Waals surface area contributed by atoms with Gasteiger partial charge in [-0.25, -0.2) is 26.7 Å². The Labute approximate surface area is 161 Å². The Bertz CT molecular complexity index is 998. The molecule has 148 valence electrons. The summed E-state index contributed by atoms with van der Waals surface area (Å²) in [6.07, 6.45) is -0.860. The Kier molecular flexibility index (Phi) is 5.50. The van der Waals surface area contributed by atoms with Crippen molar-refractivity contribution >= 4 is 27.8 Å². The number of anilines is 1. The maximum Gasteiger partial charge on any atom is 0.411 e. The molecular weight excluding hydrogens is 389 g/mol. The molecule has 1 aliphatic rings. The summed E-state index contributed by atoms with van der Waals surface area (Å²) in [5, 5.41) is 4.78. The minimum absolute atomic E-state index is 0.104. The molecule has 2 N–H and O–H groups in total. The molecule has 3 rings (SSSR count). The second kappa shape index (κ2) is 7.85. The molecule has 2 aromatic carbocycles. The van der Waals surface area contributed by atoms with Crippen LogP contribution in [0.5, 0.6) is 0 Å². The molecule has 0 aliphatic carbocycles. The van der Waals surface area contributed by atoms with E-state index in [1.165, 1.54) is 0 Å². The number of ether oxygens (including phenoxy) is 1. The predicted molar refractivity (Wildman–Crippen MR) is 98.7 cm³/mol. The topological polar surface area (TPSA) is 105 Å². The molecule has 1 atom stereocenters. The molecule has 3 amide bonds. The van der Waals surface area contributed by atoms with Crippen molar-refractivity contribution in [3.05, 3.63) is 59.9 Å². The molecule has 8 nitrogen and oxygen atoms in total. The fourth-order valence-electron chi connectivity index (χ4n) is 2.76. The van der Waals surface area contributed by atoms with Gasteiger partial charge in [-0.15, -0.1) is 0 Å². The first-order chi connectivity index (χ1) is 13.3. The lowest BCUT2D eigenvalue weighted by molar-refractivity contribution is 0.167. The van der Waals surface area contributed by atoms with E-state index < -0.39 is 38.9 Å². The van der Waals surface area contributed by atoms with Gasteiger partial charge in [-0.2, -0.15) is 0 Å². The minimum Gasteiger partial charge on any atom is -0.450 e. The van der Waals surface area contributed by atoms with Crippen LogP contribution in [0.15, 0.2) is 53.4 Å². The second-order valence-electron chi connectivity index (χ2n) is 5.94. The van der Waals surface area contributed by atoms with E-state index in [-0.39, 0.29) is 18.8 Å². The van der Waals surface area contributed by atoms with E-state index in [0.29, 0.717) is 4.31 Å². The summed E-state index contributed by atoms with van der Waals surface area (Å²) < 4.78 is 45.2. The van der Waals surface area contributed by atoms with Gasteiger partial charge in [0, 0.05) is 0 Å². The zero-order chi connectivity index (χ0) is 20.3. The third-order valence-corrected chi connectivity index (χ3v) is 5.86. The highest BCUT2D eigenvalue weighted by Gasteiger charge is 2.38. The van der Waals surface area contributed by atoms with Crippen LogP contribution in [-0.2, 0) is 14.8 Å². The number of nitrogens with zero attached hydrogens (tertiary/aromatic N) is 1. The predicted octanol–water partition coefficient (Wildman–Crippen LogP) is 2.85. The van der Waals surface area contributed by atoms with Gasteiger partial charge in [0.15, 0.2) is 0 Å². The average molecular weight is 407 g/mol. The van der Waals surface area contributed by atoms with Crippen LogP contribution in [-0.4, -0.2) is 38.0 Å². The highest BCUT2D eigenvalue weighted by Crippen LogP contribution is 2.27. The van der Waals surface area contributed by atoms with E-state index >= 15 is 0 Å². The summed E-state index contributed by atoms with van der Waals surface area (Å²) in [5.41, 5.74) is 0.527. The van der Waals surface area contributed by atoms with E-state index in [1.54, 1.807) is 31.2 Å². The third kappa shape index (κ3) is 3.91. The number of hydrogen-bond donors (Lipinski definition) is 2. The molecule has 2 aromatic rings. The van der Waals surface area contributed by atoms with Crippen molar-refractivity contribution < 1.29 is 27.1 Å². The van der Waals surface area contributed by atoms with E-state index in [0.717, 1.165) is 23.8 Å². The van der Waals surface area contributed by atoms with Crippen LogP contribution in [0.4, 0.5) is 19.7 Å². The highest BCUT2D eigenvalue weighted by molar-refractivity contribution is 7.89. The monoisotopic (exact) mass is 407 g/mol. The van der Waals surface area contributed by atoms with Crippen molar-refractivity contribution in [3.8, 4) is 0 Å². The van der Waals surface area contributed by atoms with Gasteiger partial charge >= 0.3 is 12.1 Å². The first kappa shape index (κ1) is 19.6. The number of hydrogen-bond acceptors (Lipinski definition) is 5. The number of rotatable bonds is 5. The summed E-state index contributed by atoms with van der Waals surface area (Å²) in [7, 11) is -4.27. The molecule has 1 saturated heterocycles. The van der Waals surface area contributed by atoms with Gasteiger partial charge in [-0.3, -0.25) is 5.32 Å². The van der Waals surface area contributed by atoms with Gasteiger partial charge in [-0.05, 0) is 30.7 Å². The molecule has 0 bridgehead atoms. The lowest BCUT2D eigenvalue weighted by Gasteiger charge is -2.16. The maximum atomic E-state index is 14.3. The fourth-order valence-corrected chi connectivity index (χ4v) is 4.12. The molecule has 0 saturated carbocycles. The molecule has 1 aliphatic heterocycles. The average Bonchev–Trinajstić information content (AvgIpc) is 3.07. The normalized spacial score (nSPS) is 16.6. The van der Waals surface area contributed by atoms with Crippen LogP contribution >= 0.6 is 0 Å². The minimum atomic E-state index is -4.27. The molecule has 28 heavy (non-hydrogen) atoms. The van der Waals surface area contributed by atoms with Crippen molar-refractivity contribution in [1.29, 1.82) is 0 Å². The Morgan fingerprint density at radius 1 is 1.29 bits per heavy atom. The number of nitrogens with one attached hydrogen (secondary N) is 2. The zero-order valence-electron chi connectivity index (χ0n) is 14.9. The SMILES string of the molecule is CCOC(=O)Nc1ccc(S(=O)(=O)N2C[C@H](c3ccccc3)NC2=O)cc1F. The summed E-state index contributed by atoms with van der Waals surface area (Å²) in [6.45, 7) is 1.58. The summed E-state index contributed by atoms with van der Waals surface area (Å²) in [4.78, 5) is 23.2. The molecule has 0 unspecified atom stereocenters. The van der Waals surface area contributed by atoms with Crippen molar-refractivity contribution in [1.82, 2.24) is 9.62 Å². The number of carbonyl (C=O) groups is 2. The summed E-state index contributed by atoms with van der Waals surface area (Å²) in [5.74, 6) is -0.964. The van der Waals surface area contributed by atoms with Crippen LogP contribution in [0.1, 0.15) is 18.5 Å². The van der Waals surface area contributed by atoms with Crippen molar-refractivity contribution in [3.63, 3.8) is 0 Å². The highest BCUT2D eigenvalue weighted by atomic mass is 32.2. The van der Waals surface area contributed by atoms with Crippen molar-refractivity contribution in [2.75, 3.05) is 18.5 Å². The summed E-state index contributed by atoms with van der Waals surface area (Å²) >= 11 is 0.